The van der Waals surface area contributed by atoms with Gasteiger partial charge in [-0.25, -0.2) is 0 Å². The zero-order chi connectivity index (χ0) is 14.5. The molecule has 0 heterocycles. The van der Waals surface area contributed by atoms with Gasteiger partial charge in [0.2, 0.25) is 0 Å². The molecule has 1 aliphatic rings. The summed E-state index contributed by atoms with van der Waals surface area (Å²) < 4.78 is 6.00. The van der Waals surface area contributed by atoms with Crippen LogP contribution in [0.3, 0.4) is 0 Å². The predicted molar refractivity (Wildman–Crippen MR) is 82.0 cm³/mol. The molecule has 2 rings (SSSR count). The SMILES string of the molecule is COc1ccc(CC(=O)C(O)C2CCCCC2)cc1Br. The summed E-state index contributed by atoms with van der Waals surface area (Å²) in [7, 11) is 1.61. The molecule has 1 unspecified atom stereocenters. The zero-order valence-corrected chi connectivity index (χ0v) is 13.4. The fourth-order valence-corrected chi connectivity index (χ4v) is 3.43. The van der Waals surface area contributed by atoms with Crippen molar-refractivity contribution < 1.29 is 14.6 Å². The Morgan fingerprint density at radius 2 is 2.10 bits per heavy atom. The van der Waals surface area contributed by atoms with E-state index in [0.29, 0.717) is 0 Å². The highest BCUT2D eigenvalue weighted by atomic mass is 79.9. The number of aliphatic hydroxyl groups is 1. The van der Waals surface area contributed by atoms with Crippen LogP contribution in [0, 0.1) is 5.92 Å². The van der Waals surface area contributed by atoms with Crippen molar-refractivity contribution in [1.82, 2.24) is 0 Å². The van der Waals surface area contributed by atoms with Gasteiger partial charge in [0.1, 0.15) is 11.9 Å². The maximum atomic E-state index is 12.2. The van der Waals surface area contributed by atoms with E-state index in [1.54, 1.807) is 7.11 Å². The number of hydrogen-bond acceptors (Lipinski definition) is 3. The van der Waals surface area contributed by atoms with E-state index in [2.05, 4.69) is 15.9 Å². The van der Waals surface area contributed by atoms with Gasteiger partial charge in [0.25, 0.3) is 0 Å². The normalized spacial score (nSPS) is 17.8. The van der Waals surface area contributed by atoms with Crippen LogP contribution in [-0.2, 0) is 11.2 Å². The van der Waals surface area contributed by atoms with Crippen LogP contribution in [0.2, 0.25) is 0 Å². The monoisotopic (exact) mass is 340 g/mol. The van der Waals surface area contributed by atoms with Gasteiger partial charge in [-0.1, -0.05) is 25.3 Å². The molecule has 0 spiro atoms. The molecule has 1 fully saturated rings. The molecule has 0 aromatic heterocycles. The summed E-state index contributed by atoms with van der Waals surface area (Å²) in [6.45, 7) is 0. The van der Waals surface area contributed by atoms with Crippen LogP contribution < -0.4 is 4.74 Å². The van der Waals surface area contributed by atoms with Gasteiger partial charge in [-0.15, -0.1) is 0 Å². The maximum Gasteiger partial charge on any atom is 0.165 e. The molecule has 110 valence electrons. The lowest BCUT2D eigenvalue weighted by molar-refractivity contribution is -0.129. The second-order valence-electron chi connectivity index (χ2n) is 5.45. The minimum Gasteiger partial charge on any atom is -0.496 e. The molecule has 20 heavy (non-hydrogen) atoms. The molecule has 3 nitrogen and oxygen atoms in total. The molecule has 1 aromatic carbocycles. The van der Waals surface area contributed by atoms with Crippen LogP contribution in [0.1, 0.15) is 37.7 Å². The van der Waals surface area contributed by atoms with Gasteiger partial charge in [0.15, 0.2) is 5.78 Å². The molecule has 1 aliphatic carbocycles. The molecule has 0 saturated heterocycles. The molecule has 0 radical (unpaired) electrons. The third kappa shape index (κ3) is 3.83. The molecule has 1 atom stereocenters. The van der Waals surface area contributed by atoms with Crippen molar-refractivity contribution in [3.63, 3.8) is 0 Å². The van der Waals surface area contributed by atoms with Gasteiger partial charge in [-0.05, 0) is 52.4 Å². The number of carbonyl (C=O) groups excluding carboxylic acids is 1. The van der Waals surface area contributed by atoms with Crippen molar-refractivity contribution in [1.29, 1.82) is 0 Å². The summed E-state index contributed by atoms with van der Waals surface area (Å²) in [6.07, 6.45) is 4.89. The largest absolute Gasteiger partial charge is 0.496 e. The highest BCUT2D eigenvalue weighted by molar-refractivity contribution is 9.10. The first-order valence-corrected chi connectivity index (χ1v) is 7.94. The summed E-state index contributed by atoms with van der Waals surface area (Å²) >= 11 is 3.41. The van der Waals surface area contributed by atoms with Gasteiger partial charge in [-0.3, -0.25) is 4.79 Å². The van der Waals surface area contributed by atoms with Crippen molar-refractivity contribution in [3.8, 4) is 5.75 Å². The molecule has 0 amide bonds. The van der Waals surface area contributed by atoms with E-state index in [-0.39, 0.29) is 18.1 Å². The predicted octanol–water partition coefficient (Wildman–Crippen LogP) is 3.51. The summed E-state index contributed by atoms with van der Waals surface area (Å²) in [5.41, 5.74) is 0.900. The minimum atomic E-state index is -0.809. The zero-order valence-electron chi connectivity index (χ0n) is 11.8. The first kappa shape index (κ1) is 15.5. The number of Topliss-reactive ketones (excluding diaryl/α,β-unsaturated/α-hetero) is 1. The molecule has 1 saturated carbocycles. The van der Waals surface area contributed by atoms with E-state index >= 15 is 0 Å². The Kier molecular flexibility index (Phi) is 5.61. The van der Waals surface area contributed by atoms with Crippen molar-refractivity contribution in [2.24, 2.45) is 5.92 Å². The number of hydrogen-bond donors (Lipinski definition) is 1. The molecule has 1 aromatic rings. The van der Waals surface area contributed by atoms with Crippen LogP contribution in [-0.4, -0.2) is 24.1 Å². The van der Waals surface area contributed by atoms with E-state index < -0.39 is 6.10 Å². The van der Waals surface area contributed by atoms with Gasteiger partial charge in [0, 0.05) is 6.42 Å². The Labute approximate surface area is 128 Å². The summed E-state index contributed by atoms with van der Waals surface area (Å²) in [5, 5.41) is 10.2. The fraction of sp³-hybridized carbons (Fsp3) is 0.562. The van der Waals surface area contributed by atoms with Crippen LogP contribution in [0.25, 0.3) is 0 Å². The topological polar surface area (TPSA) is 46.5 Å². The number of methoxy groups -OCH3 is 1. The van der Waals surface area contributed by atoms with Crippen LogP contribution in [0.4, 0.5) is 0 Å². The Morgan fingerprint density at radius 1 is 1.40 bits per heavy atom. The first-order chi connectivity index (χ1) is 9.61. The standard InChI is InChI=1S/C16H21BrO3/c1-20-15-8-7-11(9-13(15)17)10-14(18)16(19)12-5-3-2-4-6-12/h7-9,12,16,19H,2-6,10H2,1H3. The van der Waals surface area contributed by atoms with E-state index in [9.17, 15) is 9.90 Å². The molecular formula is C16H21BrO3. The number of rotatable bonds is 5. The smallest absolute Gasteiger partial charge is 0.165 e. The third-order valence-corrected chi connectivity index (χ3v) is 4.64. The van der Waals surface area contributed by atoms with Crippen LogP contribution >= 0.6 is 15.9 Å². The van der Waals surface area contributed by atoms with Crippen molar-refractivity contribution in [2.75, 3.05) is 7.11 Å². The average molecular weight is 341 g/mol. The number of ketones is 1. The number of ether oxygens (including phenoxy) is 1. The molecule has 1 N–H and O–H groups in total. The molecule has 0 aliphatic heterocycles. The highest BCUT2D eigenvalue weighted by Gasteiger charge is 2.27. The van der Waals surface area contributed by atoms with Gasteiger partial charge < -0.3 is 9.84 Å². The summed E-state index contributed by atoms with van der Waals surface area (Å²) in [5.74, 6) is 0.820. The van der Waals surface area contributed by atoms with Gasteiger partial charge in [0.05, 0.1) is 11.6 Å². The molecule has 0 bridgehead atoms. The van der Waals surface area contributed by atoms with Crippen LogP contribution in [0.5, 0.6) is 5.75 Å². The van der Waals surface area contributed by atoms with E-state index in [1.807, 2.05) is 18.2 Å². The second kappa shape index (κ2) is 7.23. The third-order valence-electron chi connectivity index (χ3n) is 4.02. The number of aliphatic hydroxyl groups excluding tert-OH is 1. The molecule has 4 heteroatoms. The Balaban J connectivity index is 1.98. The highest BCUT2D eigenvalue weighted by Crippen LogP contribution is 2.29. The second-order valence-corrected chi connectivity index (χ2v) is 6.31. The number of carbonyl (C=O) groups is 1. The van der Waals surface area contributed by atoms with Crippen molar-refractivity contribution >= 4 is 21.7 Å². The Bertz CT molecular complexity index is 467. The quantitative estimate of drug-likeness (QED) is 0.892. The summed E-state index contributed by atoms with van der Waals surface area (Å²) in [4.78, 5) is 12.2. The lowest BCUT2D eigenvalue weighted by atomic mass is 9.83. The minimum absolute atomic E-state index is 0.0750. The Morgan fingerprint density at radius 3 is 2.70 bits per heavy atom. The number of halogens is 1. The first-order valence-electron chi connectivity index (χ1n) is 7.15. The summed E-state index contributed by atoms with van der Waals surface area (Å²) in [6, 6.07) is 5.58. The number of benzene rings is 1. The van der Waals surface area contributed by atoms with E-state index in [0.717, 1.165) is 41.5 Å². The van der Waals surface area contributed by atoms with Gasteiger partial charge >= 0.3 is 0 Å². The van der Waals surface area contributed by atoms with Crippen LogP contribution in [0.15, 0.2) is 22.7 Å². The van der Waals surface area contributed by atoms with Crippen molar-refractivity contribution in [2.45, 2.75) is 44.6 Å². The Hall–Kier alpha value is -0.870. The fourth-order valence-electron chi connectivity index (χ4n) is 2.84. The molecular weight excluding hydrogens is 320 g/mol. The lowest BCUT2D eigenvalue weighted by Crippen LogP contribution is -2.32. The van der Waals surface area contributed by atoms with Crippen molar-refractivity contribution in [3.05, 3.63) is 28.2 Å². The van der Waals surface area contributed by atoms with E-state index in [1.165, 1.54) is 6.42 Å². The lowest BCUT2D eigenvalue weighted by Gasteiger charge is -2.25. The average Bonchev–Trinajstić information content (AvgIpc) is 2.47. The maximum absolute atomic E-state index is 12.2. The van der Waals surface area contributed by atoms with Gasteiger partial charge in [-0.2, -0.15) is 0 Å². The van der Waals surface area contributed by atoms with E-state index in [4.69, 9.17) is 4.74 Å².